The second-order valence-electron chi connectivity index (χ2n) is 4.53. The molecular weight excluding hydrogens is 246 g/mol. The minimum atomic E-state index is -0.407. The van der Waals surface area contributed by atoms with Crippen molar-refractivity contribution >= 4 is 5.97 Å². The summed E-state index contributed by atoms with van der Waals surface area (Å²) in [6.07, 6.45) is 1.63. The highest BCUT2D eigenvalue weighted by atomic mass is 16.6. The molecule has 2 rings (SSSR count). The summed E-state index contributed by atoms with van der Waals surface area (Å²) < 4.78 is 15.6. The van der Waals surface area contributed by atoms with E-state index in [1.54, 1.807) is 0 Å². The molecular formula is C14H19NO4. The maximum Gasteiger partial charge on any atom is 0.343 e. The zero-order valence-electron chi connectivity index (χ0n) is 11.3. The van der Waals surface area contributed by atoms with Gasteiger partial charge in [-0.15, -0.1) is 0 Å². The van der Waals surface area contributed by atoms with Gasteiger partial charge in [0.25, 0.3) is 0 Å². The molecule has 0 fully saturated rings. The third-order valence-electron chi connectivity index (χ3n) is 3.11. The molecule has 5 heteroatoms. The molecule has 0 saturated heterocycles. The van der Waals surface area contributed by atoms with Gasteiger partial charge >= 0.3 is 5.97 Å². The Morgan fingerprint density at radius 1 is 1.37 bits per heavy atom. The van der Waals surface area contributed by atoms with E-state index < -0.39 is 5.97 Å². The van der Waals surface area contributed by atoms with E-state index in [1.165, 1.54) is 7.11 Å². The molecule has 0 radical (unpaired) electrons. The van der Waals surface area contributed by atoms with Gasteiger partial charge < -0.3 is 19.9 Å². The maximum absolute atomic E-state index is 11.1. The van der Waals surface area contributed by atoms with Crippen LogP contribution in [-0.2, 0) is 22.4 Å². The quantitative estimate of drug-likeness (QED) is 0.806. The fourth-order valence-corrected chi connectivity index (χ4v) is 2.27. The molecule has 0 heterocycles. The zero-order chi connectivity index (χ0) is 13.8. The molecule has 0 aromatic heterocycles. The topological polar surface area (TPSA) is 70.8 Å². The smallest absolute Gasteiger partial charge is 0.343 e. The second-order valence-corrected chi connectivity index (χ2v) is 4.53. The molecule has 1 aromatic carbocycles. The van der Waals surface area contributed by atoms with Crippen molar-refractivity contribution < 1.29 is 19.0 Å². The molecule has 1 aromatic rings. The summed E-state index contributed by atoms with van der Waals surface area (Å²) in [6.45, 7) is 2.41. The molecule has 1 aliphatic rings. The zero-order valence-corrected chi connectivity index (χ0v) is 11.3. The number of esters is 1. The van der Waals surface area contributed by atoms with Gasteiger partial charge in [0.05, 0.1) is 13.7 Å². The molecule has 1 atom stereocenters. The van der Waals surface area contributed by atoms with E-state index >= 15 is 0 Å². The number of carbonyl (C=O) groups is 1. The van der Waals surface area contributed by atoms with Crippen molar-refractivity contribution in [3.05, 3.63) is 23.3 Å². The highest BCUT2D eigenvalue weighted by molar-refractivity contribution is 5.71. The number of nitrogens with two attached hydrogens (primary N) is 1. The summed E-state index contributed by atoms with van der Waals surface area (Å²) in [6, 6.07) is 3.86. The predicted octanol–water partition coefficient (Wildman–Crippen LogP) is 1.06. The van der Waals surface area contributed by atoms with Gasteiger partial charge in [-0.25, -0.2) is 4.79 Å². The third-order valence-corrected chi connectivity index (χ3v) is 3.11. The molecule has 1 unspecified atom stereocenters. The number of rotatable bonds is 5. The van der Waals surface area contributed by atoms with Crippen molar-refractivity contribution in [2.45, 2.75) is 25.8 Å². The highest BCUT2D eigenvalue weighted by Crippen LogP contribution is 2.34. The fraction of sp³-hybridized carbons (Fsp3) is 0.500. The van der Waals surface area contributed by atoms with E-state index in [4.69, 9.17) is 15.2 Å². The number of ether oxygens (including phenoxy) is 3. The van der Waals surface area contributed by atoms with E-state index in [2.05, 4.69) is 4.74 Å². The van der Waals surface area contributed by atoms with Crippen LogP contribution in [0.2, 0.25) is 0 Å². The Morgan fingerprint density at radius 3 is 2.84 bits per heavy atom. The first-order chi connectivity index (χ1) is 9.13. The number of hydrogen-bond acceptors (Lipinski definition) is 5. The van der Waals surface area contributed by atoms with Gasteiger partial charge in [-0.3, -0.25) is 0 Å². The molecule has 0 spiro atoms. The van der Waals surface area contributed by atoms with E-state index in [0.717, 1.165) is 29.7 Å². The Bertz CT molecular complexity index is 473. The monoisotopic (exact) mass is 265 g/mol. The summed E-state index contributed by atoms with van der Waals surface area (Å²) in [4.78, 5) is 11.1. The maximum atomic E-state index is 11.1. The van der Waals surface area contributed by atoms with Gasteiger partial charge in [0.2, 0.25) is 0 Å². The third kappa shape index (κ3) is 3.17. The van der Waals surface area contributed by atoms with Gasteiger partial charge in [0.15, 0.2) is 6.61 Å². The first-order valence-electron chi connectivity index (χ1n) is 6.37. The van der Waals surface area contributed by atoms with Crippen LogP contribution in [0.25, 0.3) is 0 Å². The first kappa shape index (κ1) is 13.7. The Morgan fingerprint density at radius 2 is 2.16 bits per heavy atom. The van der Waals surface area contributed by atoms with Crippen LogP contribution < -0.4 is 15.2 Å². The summed E-state index contributed by atoms with van der Waals surface area (Å²) >= 11 is 0. The second kappa shape index (κ2) is 5.93. The lowest BCUT2D eigenvalue weighted by Gasteiger charge is -2.12. The largest absolute Gasteiger partial charge is 0.493 e. The van der Waals surface area contributed by atoms with Crippen LogP contribution in [0.4, 0.5) is 0 Å². The Labute approximate surface area is 112 Å². The average Bonchev–Trinajstić information content (AvgIpc) is 2.77. The lowest BCUT2D eigenvalue weighted by atomic mass is 10.1. The van der Waals surface area contributed by atoms with E-state index in [9.17, 15) is 4.79 Å². The number of methoxy groups -OCH3 is 1. The molecule has 5 nitrogen and oxygen atoms in total. The van der Waals surface area contributed by atoms with Crippen LogP contribution in [0.15, 0.2) is 12.1 Å². The summed E-state index contributed by atoms with van der Waals surface area (Å²) in [5, 5.41) is 0. The Kier molecular flexibility index (Phi) is 4.27. The Hall–Kier alpha value is -1.75. The average molecular weight is 265 g/mol. The number of carbonyl (C=O) groups excluding carboxylic acids is 1. The summed E-state index contributed by atoms with van der Waals surface area (Å²) in [5.74, 6) is 1.00. The molecule has 104 valence electrons. The normalized spacial score (nSPS) is 16.9. The standard InChI is InChI=1S/C14H19NO4/c1-3-18-13-7-11(19-8-14(16)17-2)5-9-4-10(15)6-12(9)13/h5,7,10H,3-4,6,8,15H2,1-2H3. The van der Waals surface area contributed by atoms with E-state index in [0.29, 0.717) is 12.4 Å². The fourth-order valence-electron chi connectivity index (χ4n) is 2.27. The minimum absolute atomic E-state index is 0.104. The number of hydrogen-bond donors (Lipinski definition) is 1. The van der Waals surface area contributed by atoms with Crippen LogP contribution in [0.3, 0.4) is 0 Å². The predicted molar refractivity (Wildman–Crippen MR) is 70.5 cm³/mol. The van der Waals surface area contributed by atoms with Crippen LogP contribution in [-0.4, -0.2) is 32.3 Å². The van der Waals surface area contributed by atoms with Crippen molar-refractivity contribution in [3.8, 4) is 11.5 Å². The molecule has 19 heavy (non-hydrogen) atoms. The van der Waals surface area contributed by atoms with Crippen molar-refractivity contribution in [2.24, 2.45) is 5.73 Å². The van der Waals surface area contributed by atoms with Crippen molar-refractivity contribution in [3.63, 3.8) is 0 Å². The first-order valence-corrected chi connectivity index (χ1v) is 6.37. The van der Waals surface area contributed by atoms with Crippen LogP contribution in [0.5, 0.6) is 11.5 Å². The van der Waals surface area contributed by atoms with Gasteiger partial charge in [-0.2, -0.15) is 0 Å². The van der Waals surface area contributed by atoms with E-state index in [-0.39, 0.29) is 12.6 Å². The summed E-state index contributed by atoms with van der Waals surface area (Å²) in [7, 11) is 1.33. The number of benzene rings is 1. The minimum Gasteiger partial charge on any atom is -0.493 e. The number of fused-ring (bicyclic) bond motifs is 1. The molecule has 0 amide bonds. The van der Waals surface area contributed by atoms with Crippen molar-refractivity contribution in [1.29, 1.82) is 0 Å². The SMILES string of the molecule is CCOc1cc(OCC(=O)OC)cc2c1CC(N)C2. The van der Waals surface area contributed by atoms with Crippen molar-refractivity contribution in [1.82, 2.24) is 0 Å². The molecule has 1 aliphatic carbocycles. The van der Waals surface area contributed by atoms with Gasteiger partial charge in [0, 0.05) is 12.1 Å². The van der Waals surface area contributed by atoms with E-state index in [1.807, 2.05) is 19.1 Å². The molecule has 0 saturated carbocycles. The van der Waals surface area contributed by atoms with Crippen molar-refractivity contribution in [2.75, 3.05) is 20.3 Å². The lowest BCUT2D eigenvalue weighted by Crippen LogP contribution is -2.19. The van der Waals surface area contributed by atoms with Crippen LogP contribution in [0, 0.1) is 0 Å². The van der Waals surface area contributed by atoms with Crippen LogP contribution in [0.1, 0.15) is 18.1 Å². The highest BCUT2D eigenvalue weighted by Gasteiger charge is 2.23. The summed E-state index contributed by atoms with van der Waals surface area (Å²) in [5.41, 5.74) is 8.26. The van der Waals surface area contributed by atoms with Gasteiger partial charge in [0.1, 0.15) is 11.5 Å². The molecule has 0 aliphatic heterocycles. The van der Waals surface area contributed by atoms with Gasteiger partial charge in [-0.1, -0.05) is 0 Å². The lowest BCUT2D eigenvalue weighted by molar-refractivity contribution is -0.142. The van der Waals surface area contributed by atoms with Crippen LogP contribution >= 0.6 is 0 Å². The van der Waals surface area contributed by atoms with Gasteiger partial charge in [-0.05, 0) is 37.0 Å². The molecule has 0 bridgehead atoms. The molecule has 2 N–H and O–H groups in total. The Balaban J connectivity index is 2.19.